The van der Waals surface area contributed by atoms with Crippen molar-refractivity contribution in [2.24, 2.45) is 0 Å². The van der Waals surface area contributed by atoms with E-state index in [1.807, 2.05) is 19.9 Å². The second kappa shape index (κ2) is 6.49. The molecule has 0 radical (unpaired) electrons. The normalized spacial score (nSPS) is 10.8. The third kappa shape index (κ3) is 4.12. The molecule has 1 heterocycles. The Bertz CT molecular complexity index is 642. The highest BCUT2D eigenvalue weighted by atomic mass is 32.2. The first kappa shape index (κ1) is 15.2. The summed E-state index contributed by atoms with van der Waals surface area (Å²) >= 11 is 1.08. The van der Waals surface area contributed by atoms with Gasteiger partial charge in [-0.15, -0.1) is 10.2 Å². The number of hydrogen-bond acceptors (Lipinski definition) is 6. The molecule has 0 saturated carbocycles. The van der Waals surface area contributed by atoms with E-state index in [0.29, 0.717) is 22.4 Å². The van der Waals surface area contributed by atoms with Gasteiger partial charge in [0.2, 0.25) is 0 Å². The number of nitrogens with one attached hydrogen (secondary N) is 1. The number of carboxylic acid groups (broad SMARTS) is 1. The maximum absolute atomic E-state index is 10.5. The summed E-state index contributed by atoms with van der Waals surface area (Å²) in [6.07, 6.45) is 0.0439. The highest BCUT2D eigenvalue weighted by molar-refractivity contribution is 7.99. The van der Waals surface area contributed by atoms with E-state index in [0.717, 1.165) is 17.3 Å². The number of anilines is 1. The molecule has 4 N–H and O–H groups in total. The molecule has 0 atom stereocenters. The highest BCUT2D eigenvalue weighted by Gasteiger charge is 2.10. The number of ether oxygens (including phenoxy) is 1. The summed E-state index contributed by atoms with van der Waals surface area (Å²) in [4.78, 5) is 13.5. The lowest BCUT2D eigenvalue weighted by molar-refractivity contribution is -0.133. The molecule has 112 valence electrons. The zero-order valence-electron chi connectivity index (χ0n) is 11.7. The van der Waals surface area contributed by atoms with Crippen LogP contribution in [0.25, 0.3) is 11.4 Å². The van der Waals surface area contributed by atoms with Crippen LogP contribution in [0.15, 0.2) is 23.4 Å². The van der Waals surface area contributed by atoms with E-state index in [1.165, 1.54) is 0 Å². The fourth-order valence-corrected chi connectivity index (χ4v) is 2.16. The predicted octanol–water partition coefficient (Wildman–Crippen LogP) is 2.02. The minimum Gasteiger partial charge on any atom is -0.489 e. The lowest BCUT2D eigenvalue weighted by atomic mass is 10.2. The van der Waals surface area contributed by atoms with Crippen molar-refractivity contribution in [3.05, 3.63) is 18.2 Å². The van der Waals surface area contributed by atoms with Crippen LogP contribution in [-0.2, 0) is 4.79 Å². The molecule has 0 aliphatic rings. The van der Waals surface area contributed by atoms with Crippen molar-refractivity contribution >= 4 is 23.4 Å². The van der Waals surface area contributed by atoms with Crippen LogP contribution in [0.3, 0.4) is 0 Å². The smallest absolute Gasteiger partial charge is 0.313 e. The molecule has 2 rings (SSSR count). The number of thioether (sulfide) groups is 1. The van der Waals surface area contributed by atoms with E-state index < -0.39 is 5.97 Å². The van der Waals surface area contributed by atoms with Crippen LogP contribution in [-0.4, -0.2) is 38.1 Å². The van der Waals surface area contributed by atoms with Gasteiger partial charge in [-0.2, -0.15) is 0 Å². The molecule has 0 unspecified atom stereocenters. The summed E-state index contributed by atoms with van der Waals surface area (Å²) in [5, 5.41) is 16.9. The minimum atomic E-state index is -0.905. The maximum atomic E-state index is 10.5. The summed E-state index contributed by atoms with van der Waals surface area (Å²) in [5.41, 5.74) is 7.22. The fourth-order valence-electron chi connectivity index (χ4n) is 1.63. The van der Waals surface area contributed by atoms with Crippen molar-refractivity contribution in [2.45, 2.75) is 25.1 Å². The van der Waals surface area contributed by atoms with Gasteiger partial charge in [0.25, 0.3) is 0 Å². The molecular weight excluding hydrogens is 292 g/mol. The van der Waals surface area contributed by atoms with Crippen molar-refractivity contribution < 1.29 is 14.6 Å². The Morgan fingerprint density at radius 3 is 2.86 bits per heavy atom. The molecule has 0 spiro atoms. The Balaban J connectivity index is 2.15. The highest BCUT2D eigenvalue weighted by Crippen LogP contribution is 2.28. The van der Waals surface area contributed by atoms with E-state index in [2.05, 4.69) is 15.2 Å². The molecule has 1 aromatic carbocycles. The van der Waals surface area contributed by atoms with Gasteiger partial charge in [0.15, 0.2) is 11.0 Å². The monoisotopic (exact) mass is 308 g/mol. The number of hydrogen-bond donors (Lipinski definition) is 3. The van der Waals surface area contributed by atoms with Crippen LogP contribution in [0.4, 0.5) is 5.69 Å². The van der Waals surface area contributed by atoms with Gasteiger partial charge in [-0.25, -0.2) is 0 Å². The molecular formula is C13H16N4O3S. The van der Waals surface area contributed by atoms with E-state index in [4.69, 9.17) is 15.6 Å². The molecule has 0 saturated heterocycles. The summed E-state index contributed by atoms with van der Waals surface area (Å²) < 4.78 is 5.57. The fraction of sp³-hybridized carbons (Fsp3) is 0.308. The second-order valence-corrected chi connectivity index (χ2v) is 5.54. The van der Waals surface area contributed by atoms with Crippen LogP contribution < -0.4 is 10.5 Å². The van der Waals surface area contributed by atoms with E-state index in [-0.39, 0.29) is 11.9 Å². The molecule has 0 amide bonds. The number of H-pyrrole nitrogens is 1. The van der Waals surface area contributed by atoms with Gasteiger partial charge in [-0.05, 0) is 32.0 Å². The topological polar surface area (TPSA) is 114 Å². The Kier molecular flexibility index (Phi) is 4.69. The number of aromatic amines is 1. The standard InChI is InChI=1S/C13H16N4O3S/c1-7(2)20-10-4-3-8(5-9(10)14)12-15-13(17-16-12)21-6-11(18)19/h3-5,7H,6,14H2,1-2H3,(H,18,19)(H,15,16,17). The van der Waals surface area contributed by atoms with Gasteiger partial charge < -0.3 is 20.6 Å². The molecule has 7 nitrogen and oxygen atoms in total. The molecule has 21 heavy (non-hydrogen) atoms. The van der Waals surface area contributed by atoms with Crippen LogP contribution >= 0.6 is 11.8 Å². The SMILES string of the molecule is CC(C)Oc1ccc(-c2nnc(SCC(=O)O)[nH]2)cc1N. The lowest BCUT2D eigenvalue weighted by Gasteiger charge is -2.12. The van der Waals surface area contributed by atoms with E-state index >= 15 is 0 Å². The van der Waals surface area contributed by atoms with Crippen LogP contribution in [0.1, 0.15) is 13.8 Å². The van der Waals surface area contributed by atoms with Crippen molar-refractivity contribution in [1.82, 2.24) is 15.2 Å². The first-order chi connectivity index (χ1) is 9.95. The Morgan fingerprint density at radius 1 is 1.48 bits per heavy atom. The van der Waals surface area contributed by atoms with Gasteiger partial charge in [-0.1, -0.05) is 11.8 Å². The molecule has 0 bridgehead atoms. The predicted molar refractivity (Wildman–Crippen MR) is 80.4 cm³/mol. The molecule has 0 aliphatic carbocycles. The number of benzene rings is 1. The zero-order chi connectivity index (χ0) is 15.4. The number of aliphatic carboxylic acids is 1. The van der Waals surface area contributed by atoms with Crippen LogP contribution in [0.2, 0.25) is 0 Å². The first-order valence-electron chi connectivity index (χ1n) is 6.29. The molecule has 1 aromatic heterocycles. The number of carbonyl (C=O) groups is 1. The number of nitrogen functional groups attached to an aromatic ring is 1. The third-order valence-electron chi connectivity index (χ3n) is 2.44. The summed E-state index contributed by atoms with van der Waals surface area (Å²) in [5.74, 6) is 0.176. The number of nitrogens with two attached hydrogens (primary N) is 1. The molecule has 8 heteroatoms. The average Bonchev–Trinajstić information content (AvgIpc) is 2.87. The lowest BCUT2D eigenvalue weighted by Crippen LogP contribution is -2.07. The van der Waals surface area contributed by atoms with E-state index in [1.54, 1.807) is 12.1 Å². The van der Waals surface area contributed by atoms with Gasteiger partial charge in [-0.3, -0.25) is 4.79 Å². The largest absolute Gasteiger partial charge is 0.489 e. The number of rotatable bonds is 6. The van der Waals surface area contributed by atoms with Crippen molar-refractivity contribution in [3.63, 3.8) is 0 Å². The van der Waals surface area contributed by atoms with Gasteiger partial charge in [0.05, 0.1) is 17.5 Å². The van der Waals surface area contributed by atoms with Crippen molar-refractivity contribution in [1.29, 1.82) is 0 Å². The Hall–Kier alpha value is -2.22. The maximum Gasteiger partial charge on any atom is 0.313 e. The molecule has 0 aliphatic heterocycles. The molecule has 2 aromatic rings. The van der Waals surface area contributed by atoms with E-state index in [9.17, 15) is 4.79 Å². The Morgan fingerprint density at radius 2 is 2.24 bits per heavy atom. The number of carboxylic acids is 1. The van der Waals surface area contributed by atoms with Crippen molar-refractivity contribution in [3.8, 4) is 17.1 Å². The van der Waals surface area contributed by atoms with Gasteiger partial charge in [0.1, 0.15) is 5.75 Å². The average molecular weight is 308 g/mol. The van der Waals surface area contributed by atoms with Gasteiger partial charge >= 0.3 is 5.97 Å². The zero-order valence-corrected chi connectivity index (χ0v) is 12.5. The minimum absolute atomic E-state index is 0.0439. The van der Waals surface area contributed by atoms with Gasteiger partial charge in [0, 0.05) is 5.56 Å². The number of nitrogens with zero attached hydrogens (tertiary/aromatic N) is 2. The quantitative estimate of drug-likeness (QED) is 0.552. The summed E-state index contributed by atoms with van der Waals surface area (Å²) in [7, 11) is 0. The summed E-state index contributed by atoms with van der Waals surface area (Å²) in [6.45, 7) is 3.85. The van der Waals surface area contributed by atoms with Crippen LogP contribution in [0.5, 0.6) is 5.75 Å². The van der Waals surface area contributed by atoms with Crippen LogP contribution in [0, 0.1) is 0 Å². The molecule has 0 fully saturated rings. The first-order valence-corrected chi connectivity index (χ1v) is 7.28. The van der Waals surface area contributed by atoms with Crippen molar-refractivity contribution in [2.75, 3.05) is 11.5 Å². The summed E-state index contributed by atoms with van der Waals surface area (Å²) in [6, 6.07) is 5.33. The third-order valence-corrected chi connectivity index (χ3v) is 3.29. The number of aromatic nitrogens is 3. The second-order valence-electron chi connectivity index (χ2n) is 4.58. The Labute approximate surface area is 125 Å².